The van der Waals surface area contributed by atoms with Gasteiger partial charge < -0.3 is 10.2 Å². The summed E-state index contributed by atoms with van der Waals surface area (Å²) in [7, 11) is 0. The lowest BCUT2D eigenvalue weighted by Crippen LogP contribution is -2.46. The average Bonchev–Trinajstić information content (AvgIpc) is 2.49. The molecule has 2 saturated heterocycles. The molecule has 0 spiro atoms. The Bertz CT molecular complexity index is 351. The van der Waals surface area contributed by atoms with Gasteiger partial charge in [-0.3, -0.25) is 4.98 Å². The molecule has 0 radical (unpaired) electrons. The highest BCUT2D eigenvalue weighted by atomic mass is 15.2. The Morgan fingerprint density at radius 2 is 1.89 bits per heavy atom. The largest absolute Gasteiger partial charge is 0.317 e. The first kappa shape index (κ1) is 12.1. The van der Waals surface area contributed by atoms with Crippen LogP contribution in [-0.2, 0) is 0 Å². The minimum atomic E-state index is 0.733. The number of pyridine rings is 1. The first-order valence-electron chi connectivity index (χ1n) is 7.28. The van der Waals surface area contributed by atoms with E-state index in [0.717, 1.165) is 12.0 Å². The number of piperidine rings is 2. The molecule has 0 unspecified atom stereocenters. The van der Waals surface area contributed by atoms with Gasteiger partial charge in [0, 0.05) is 18.4 Å². The van der Waals surface area contributed by atoms with E-state index in [4.69, 9.17) is 0 Å². The van der Waals surface area contributed by atoms with E-state index in [1.165, 1.54) is 57.4 Å². The molecule has 2 fully saturated rings. The lowest BCUT2D eigenvalue weighted by Gasteiger charge is -2.39. The van der Waals surface area contributed by atoms with Crippen molar-refractivity contribution in [2.45, 2.75) is 37.6 Å². The zero-order valence-corrected chi connectivity index (χ0v) is 11.0. The fourth-order valence-electron chi connectivity index (χ4n) is 3.39. The van der Waals surface area contributed by atoms with Crippen molar-refractivity contribution >= 4 is 0 Å². The van der Waals surface area contributed by atoms with Gasteiger partial charge in [-0.25, -0.2) is 0 Å². The minimum absolute atomic E-state index is 0.733. The lowest BCUT2D eigenvalue weighted by atomic mass is 9.89. The van der Waals surface area contributed by atoms with Crippen LogP contribution < -0.4 is 5.32 Å². The summed E-state index contributed by atoms with van der Waals surface area (Å²) in [6, 6.07) is 5.13. The third-order valence-electron chi connectivity index (χ3n) is 4.51. The second-order valence-electron chi connectivity index (χ2n) is 5.58. The predicted molar refractivity (Wildman–Crippen MR) is 73.7 cm³/mol. The third kappa shape index (κ3) is 2.73. The van der Waals surface area contributed by atoms with Crippen LogP contribution in [0.3, 0.4) is 0 Å². The summed E-state index contributed by atoms with van der Waals surface area (Å²) in [6.07, 6.45) is 9.18. The fraction of sp³-hybridized carbons (Fsp3) is 0.667. The van der Waals surface area contributed by atoms with E-state index in [1.807, 2.05) is 12.4 Å². The van der Waals surface area contributed by atoms with E-state index < -0.39 is 0 Å². The van der Waals surface area contributed by atoms with E-state index in [1.54, 1.807) is 0 Å². The summed E-state index contributed by atoms with van der Waals surface area (Å²) in [6.45, 7) is 4.94. The molecule has 0 atom stereocenters. The molecule has 3 nitrogen and oxygen atoms in total. The average molecular weight is 245 g/mol. The van der Waals surface area contributed by atoms with Gasteiger partial charge in [-0.1, -0.05) is 6.07 Å². The smallest absolute Gasteiger partial charge is 0.0302 e. The standard InChI is InChI=1S/C15H23N3/c1-2-14(12-17-7-1)13-5-10-18(11-6-13)15-3-8-16-9-4-15/h1-2,7,12-13,15-16H,3-6,8-11H2. The number of nitrogens with zero attached hydrogens (tertiary/aromatic N) is 2. The highest BCUT2D eigenvalue weighted by Crippen LogP contribution is 2.29. The normalized spacial score (nSPS) is 24.2. The lowest BCUT2D eigenvalue weighted by molar-refractivity contribution is 0.127. The molecule has 3 heteroatoms. The van der Waals surface area contributed by atoms with Crippen LogP contribution in [0.15, 0.2) is 24.5 Å². The maximum Gasteiger partial charge on any atom is 0.0302 e. The topological polar surface area (TPSA) is 28.2 Å². The molecule has 98 valence electrons. The van der Waals surface area contributed by atoms with Gasteiger partial charge in [0.05, 0.1) is 0 Å². The van der Waals surface area contributed by atoms with Crippen LogP contribution >= 0.6 is 0 Å². The second kappa shape index (κ2) is 5.81. The van der Waals surface area contributed by atoms with Gasteiger partial charge >= 0.3 is 0 Å². The van der Waals surface area contributed by atoms with Gasteiger partial charge in [0.15, 0.2) is 0 Å². The summed E-state index contributed by atoms with van der Waals surface area (Å²) in [5.74, 6) is 0.733. The van der Waals surface area contributed by atoms with Gasteiger partial charge in [-0.15, -0.1) is 0 Å². The zero-order valence-electron chi connectivity index (χ0n) is 11.0. The molecule has 3 rings (SSSR count). The molecule has 0 aliphatic carbocycles. The Hall–Kier alpha value is -0.930. The second-order valence-corrected chi connectivity index (χ2v) is 5.58. The zero-order chi connectivity index (χ0) is 12.2. The summed E-state index contributed by atoms with van der Waals surface area (Å²) >= 11 is 0. The highest BCUT2D eigenvalue weighted by Gasteiger charge is 2.26. The van der Waals surface area contributed by atoms with Crippen molar-refractivity contribution in [2.75, 3.05) is 26.2 Å². The number of aromatic nitrogens is 1. The third-order valence-corrected chi connectivity index (χ3v) is 4.51. The van der Waals surface area contributed by atoms with Crippen molar-refractivity contribution in [1.82, 2.24) is 15.2 Å². The van der Waals surface area contributed by atoms with E-state index in [2.05, 4.69) is 27.3 Å². The quantitative estimate of drug-likeness (QED) is 0.864. The van der Waals surface area contributed by atoms with Gasteiger partial charge in [0.25, 0.3) is 0 Å². The van der Waals surface area contributed by atoms with Crippen LogP contribution in [0.4, 0.5) is 0 Å². The van der Waals surface area contributed by atoms with Crippen LogP contribution in [0.25, 0.3) is 0 Å². The van der Waals surface area contributed by atoms with Crippen LogP contribution in [0.1, 0.15) is 37.2 Å². The predicted octanol–water partition coefficient (Wildman–Crippen LogP) is 2.01. The van der Waals surface area contributed by atoms with Crippen molar-refractivity contribution in [3.8, 4) is 0 Å². The molecule has 2 aliphatic heterocycles. The van der Waals surface area contributed by atoms with E-state index in [9.17, 15) is 0 Å². The summed E-state index contributed by atoms with van der Waals surface area (Å²) < 4.78 is 0. The maximum absolute atomic E-state index is 4.25. The Morgan fingerprint density at radius 1 is 1.11 bits per heavy atom. The monoisotopic (exact) mass is 245 g/mol. The van der Waals surface area contributed by atoms with E-state index >= 15 is 0 Å². The van der Waals surface area contributed by atoms with Crippen LogP contribution in [0, 0.1) is 0 Å². The molecular formula is C15H23N3. The first-order valence-corrected chi connectivity index (χ1v) is 7.28. The fourth-order valence-corrected chi connectivity index (χ4v) is 3.39. The molecule has 18 heavy (non-hydrogen) atoms. The molecule has 1 aromatic heterocycles. The number of hydrogen-bond acceptors (Lipinski definition) is 3. The minimum Gasteiger partial charge on any atom is -0.317 e. The molecule has 2 aliphatic rings. The molecule has 0 bridgehead atoms. The molecule has 1 N–H and O–H groups in total. The molecule has 3 heterocycles. The molecule has 0 amide bonds. The summed E-state index contributed by atoms with van der Waals surface area (Å²) in [5, 5.41) is 3.45. The number of rotatable bonds is 2. The summed E-state index contributed by atoms with van der Waals surface area (Å²) in [4.78, 5) is 6.96. The van der Waals surface area contributed by atoms with E-state index in [0.29, 0.717) is 0 Å². The van der Waals surface area contributed by atoms with Crippen molar-refractivity contribution < 1.29 is 0 Å². The van der Waals surface area contributed by atoms with Crippen LogP contribution in [0.2, 0.25) is 0 Å². The Labute approximate surface area is 110 Å². The molecular weight excluding hydrogens is 222 g/mol. The van der Waals surface area contributed by atoms with Crippen molar-refractivity contribution in [1.29, 1.82) is 0 Å². The van der Waals surface area contributed by atoms with E-state index in [-0.39, 0.29) is 0 Å². The Morgan fingerprint density at radius 3 is 2.56 bits per heavy atom. The van der Waals surface area contributed by atoms with Gasteiger partial charge in [-0.2, -0.15) is 0 Å². The van der Waals surface area contributed by atoms with Gasteiger partial charge in [0.2, 0.25) is 0 Å². The number of likely N-dealkylation sites (tertiary alicyclic amines) is 1. The van der Waals surface area contributed by atoms with Crippen molar-refractivity contribution in [2.24, 2.45) is 0 Å². The SMILES string of the molecule is c1cncc(C2CCN(C3CCNCC3)CC2)c1. The molecule has 1 aromatic rings. The summed E-state index contributed by atoms with van der Waals surface area (Å²) in [5.41, 5.74) is 1.43. The van der Waals surface area contributed by atoms with Crippen molar-refractivity contribution in [3.05, 3.63) is 30.1 Å². The Balaban J connectivity index is 1.54. The van der Waals surface area contributed by atoms with Crippen LogP contribution in [-0.4, -0.2) is 42.1 Å². The number of nitrogens with one attached hydrogen (secondary N) is 1. The van der Waals surface area contributed by atoms with Gasteiger partial charge in [-0.05, 0) is 69.4 Å². The first-order chi connectivity index (χ1) is 8.93. The maximum atomic E-state index is 4.25. The van der Waals surface area contributed by atoms with Crippen molar-refractivity contribution in [3.63, 3.8) is 0 Å². The van der Waals surface area contributed by atoms with Crippen LogP contribution in [0.5, 0.6) is 0 Å². The molecule has 0 aromatic carbocycles. The number of hydrogen-bond donors (Lipinski definition) is 1. The highest BCUT2D eigenvalue weighted by molar-refractivity contribution is 5.15. The van der Waals surface area contributed by atoms with Gasteiger partial charge in [0.1, 0.15) is 0 Å². The molecule has 0 saturated carbocycles. The Kier molecular flexibility index (Phi) is 3.91.